The quantitative estimate of drug-likeness (QED) is 0.601. The Labute approximate surface area is 169 Å². The van der Waals surface area contributed by atoms with Gasteiger partial charge in [-0.05, 0) is 55.3 Å². The summed E-state index contributed by atoms with van der Waals surface area (Å²) in [6.07, 6.45) is 1.90. The van der Waals surface area contributed by atoms with E-state index < -0.39 is 0 Å². The summed E-state index contributed by atoms with van der Waals surface area (Å²) in [4.78, 5) is 16.2. The van der Waals surface area contributed by atoms with Crippen LogP contribution in [0.5, 0.6) is 17.4 Å². The van der Waals surface area contributed by atoms with Gasteiger partial charge in [0.05, 0.1) is 13.0 Å². The predicted octanol–water partition coefficient (Wildman–Crippen LogP) is 4.72. The average molecular weight is 394 g/mol. The zero-order valence-electron chi connectivity index (χ0n) is 16.4. The molecular formula is C23H23FN2O3. The molecule has 150 valence electrons. The number of aryl methyl sites for hydroxylation is 2. The molecule has 29 heavy (non-hydrogen) atoms. The number of benzene rings is 2. The molecule has 0 atom stereocenters. The minimum absolute atomic E-state index is 0.0959. The van der Waals surface area contributed by atoms with E-state index in [0.29, 0.717) is 24.8 Å². The second-order valence-corrected chi connectivity index (χ2v) is 6.70. The van der Waals surface area contributed by atoms with Crippen molar-refractivity contribution in [2.75, 3.05) is 6.61 Å². The number of carbonyl (C=O) groups is 1. The summed E-state index contributed by atoms with van der Waals surface area (Å²) in [5, 5.41) is 2.84. The number of amides is 1. The highest BCUT2D eigenvalue weighted by Gasteiger charge is 2.05. The fourth-order valence-corrected chi connectivity index (χ4v) is 2.70. The zero-order chi connectivity index (χ0) is 20.6. The molecule has 1 amide bonds. The Morgan fingerprint density at radius 3 is 2.55 bits per heavy atom. The fraction of sp³-hybridized carbons (Fsp3) is 0.217. The van der Waals surface area contributed by atoms with Crippen molar-refractivity contribution in [2.24, 2.45) is 0 Å². The van der Waals surface area contributed by atoms with Crippen LogP contribution in [0.3, 0.4) is 0 Å². The molecule has 6 heteroatoms. The number of rotatable bonds is 8. The highest BCUT2D eigenvalue weighted by atomic mass is 19.1. The molecule has 0 radical (unpaired) electrons. The van der Waals surface area contributed by atoms with Crippen molar-refractivity contribution in [3.05, 3.63) is 83.3 Å². The van der Waals surface area contributed by atoms with E-state index in [9.17, 15) is 9.18 Å². The SMILES string of the molecule is Cc1ccc(OCCC(=O)NCc2ccc(Oc3ccc(F)cc3)nc2)c(C)c1. The van der Waals surface area contributed by atoms with Gasteiger partial charge in [-0.3, -0.25) is 4.79 Å². The van der Waals surface area contributed by atoms with Crippen LogP contribution in [-0.4, -0.2) is 17.5 Å². The zero-order valence-corrected chi connectivity index (χ0v) is 16.4. The number of halogens is 1. The molecule has 5 nitrogen and oxygen atoms in total. The molecule has 1 aromatic heterocycles. The van der Waals surface area contributed by atoms with Gasteiger partial charge < -0.3 is 14.8 Å². The van der Waals surface area contributed by atoms with Crippen LogP contribution < -0.4 is 14.8 Å². The Morgan fingerprint density at radius 1 is 1.07 bits per heavy atom. The van der Waals surface area contributed by atoms with Gasteiger partial charge in [0, 0.05) is 18.8 Å². The van der Waals surface area contributed by atoms with E-state index in [1.165, 1.54) is 29.8 Å². The van der Waals surface area contributed by atoms with Crippen molar-refractivity contribution in [3.63, 3.8) is 0 Å². The van der Waals surface area contributed by atoms with Gasteiger partial charge in [0.25, 0.3) is 0 Å². The molecule has 1 N–H and O–H groups in total. The second kappa shape index (κ2) is 9.68. The summed E-state index contributed by atoms with van der Waals surface area (Å²) >= 11 is 0. The number of hydrogen-bond acceptors (Lipinski definition) is 4. The first kappa shape index (κ1) is 20.3. The molecule has 0 fully saturated rings. The number of ether oxygens (including phenoxy) is 2. The number of nitrogens with zero attached hydrogens (tertiary/aromatic N) is 1. The first-order chi connectivity index (χ1) is 14.0. The number of hydrogen-bond donors (Lipinski definition) is 1. The fourth-order valence-electron chi connectivity index (χ4n) is 2.70. The second-order valence-electron chi connectivity index (χ2n) is 6.70. The third-order valence-electron chi connectivity index (χ3n) is 4.24. The summed E-state index contributed by atoms with van der Waals surface area (Å²) < 4.78 is 24.1. The minimum atomic E-state index is -0.323. The van der Waals surface area contributed by atoms with E-state index in [1.54, 1.807) is 12.3 Å². The smallest absolute Gasteiger partial charge is 0.223 e. The number of nitrogens with one attached hydrogen (secondary N) is 1. The van der Waals surface area contributed by atoms with Crippen LogP contribution >= 0.6 is 0 Å². The van der Waals surface area contributed by atoms with E-state index in [0.717, 1.165) is 16.9 Å². The molecule has 0 saturated heterocycles. The monoisotopic (exact) mass is 394 g/mol. The van der Waals surface area contributed by atoms with Gasteiger partial charge in [-0.25, -0.2) is 9.37 Å². The molecular weight excluding hydrogens is 371 g/mol. The maximum Gasteiger partial charge on any atom is 0.223 e. The predicted molar refractivity (Wildman–Crippen MR) is 109 cm³/mol. The van der Waals surface area contributed by atoms with E-state index in [2.05, 4.69) is 10.3 Å². The van der Waals surface area contributed by atoms with E-state index in [1.807, 2.05) is 38.1 Å². The normalized spacial score (nSPS) is 10.4. The largest absolute Gasteiger partial charge is 0.493 e. The van der Waals surface area contributed by atoms with Gasteiger partial charge in [-0.15, -0.1) is 0 Å². The van der Waals surface area contributed by atoms with Crippen LogP contribution in [0.2, 0.25) is 0 Å². The minimum Gasteiger partial charge on any atom is -0.493 e. The lowest BCUT2D eigenvalue weighted by molar-refractivity contribution is -0.121. The summed E-state index contributed by atoms with van der Waals surface area (Å²) in [6, 6.07) is 15.2. The molecule has 0 aliphatic rings. The molecule has 3 rings (SSSR count). The third kappa shape index (κ3) is 6.31. The van der Waals surface area contributed by atoms with Gasteiger partial charge in [0.1, 0.15) is 17.3 Å². The van der Waals surface area contributed by atoms with Gasteiger partial charge in [-0.2, -0.15) is 0 Å². The molecule has 1 heterocycles. The molecule has 0 spiro atoms. The van der Waals surface area contributed by atoms with Crippen molar-refractivity contribution in [3.8, 4) is 17.4 Å². The standard InChI is InChI=1S/C23H23FN2O3/c1-16-3-9-21(17(2)13-16)28-12-11-22(27)25-14-18-4-10-23(26-15-18)29-20-7-5-19(24)6-8-20/h3-10,13,15H,11-12,14H2,1-2H3,(H,25,27). The lowest BCUT2D eigenvalue weighted by Gasteiger charge is -2.10. The highest BCUT2D eigenvalue weighted by Crippen LogP contribution is 2.20. The average Bonchev–Trinajstić information content (AvgIpc) is 2.71. The number of carbonyl (C=O) groups excluding carboxylic acids is 1. The Bertz CT molecular complexity index is 957. The van der Waals surface area contributed by atoms with E-state index in [-0.39, 0.29) is 18.1 Å². The first-order valence-corrected chi connectivity index (χ1v) is 9.35. The Balaban J connectivity index is 1.41. The molecule has 0 aliphatic carbocycles. The summed E-state index contributed by atoms with van der Waals surface area (Å²) in [7, 11) is 0. The highest BCUT2D eigenvalue weighted by molar-refractivity contribution is 5.76. The van der Waals surface area contributed by atoms with Crippen LogP contribution in [0, 0.1) is 19.7 Å². The lowest BCUT2D eigenvalue weighted by atomic mass is 10.1. The third-order valence-corrected chi connectivity index (χ3v) is 4.24. The van der Waals surface area contributed by atoms with Gasteiger partial charge >= 0.3 is 0 Å². The van der Waals surface area contributed by atoms with E-state index in [4.69, 9.17) is 9.47 Å². The molecule has 3 aromatic rings. The molecule has 2 aromatic carbocycles. The van der Waals surface area contributed by atoms with Crippen molar-refractivity contribution in [1.29, 1.82) is 0 Å². The maximum atomic E-state index is 12.9. The Morgan fingerprint density at radius 2 is 1.86 bits per heavy atom. The first-order valence-electron chi connectivity index (χ1n) is 9.35. The van der Waals surface area contributed by atoms with Gasteiger partial charge in [-0.1, -0.05) is 23.8 Å². The van der Waals surface area contributed by atoms with Crippen LogP contribution in [0.4, 0.5) is 4.39 Å². The van der Waals surface area contributed by atoms with Gasteiger partial charge in [0.15, 0.2) is 0 Å². The maximum absolute atomic E-state index is 12.9. The van der Waals surface area contributed by atoms with Crippen LogP contribution in [0.25, 0.3) is 0 Å². The molecule has 0 saturated carbocycles. The summed E-state index contributed by atoms with van der Waals surface area (Å²) in [5.74, 6) is 1.28. The van der Waals surface area contributed by atoms with E-state index >= 15 is 0 Å². The molecule has 0 unspecified atom stereocenters. The molecule has 0 aliphatic heterocycles. The van der Waals surface area contributed by atoms with Crippen LogP contribution in [0.15, 0.2) is 60.8 Å². The van der Waals surface area contributed by atoms with Crippen molar-refractivity contribution >= 4 is 5.91 Å². The summed E-state index contributed by atoms with van der Waals surface area (Å²) in [6.45, 7) is 4.70. The number of aromatic nitrogens is 1. The molecule has 0 bridgehead atoms. The number of pyridine rings is 1. The lowest BCUT2D eigenvalue weighted by Crippen LogP contribution is -2.24. The van der Waals surface area contributed by atoms with Crippen LogP contribution in [0.1, 0.15) is 23.1 Å². The topological polar surface area (TPSA) is 60.5 Å². The van der Waals surface area contributed by atoms with Crippen molar-refractivity contribution in [2.45, 2.75) is 26.8 Å². The summed E-state index contributed by atoms with van der Waals surface area (Å²) in [5.41, 5.74) is 3.08. The van der Waals surface area contributed by atoms with Crippen molar-refractivity contribution < 1.29 is 18.7 Å². The van der Waals surface area contributed by atoms with Crippen molar-refractivity contribution in [1.82, 2.24) is 10.3 Å². The Hall–Kier alpha value is -3.41. The van der Waals surface area contributed by atoms with Crippen LogP contribution in [-0.2, 0) is 11.3 Å². The Kier molecular flexibility index (Phi) is 6.79. The van der Waals surface area contributed by atoms with Gasteiger partial charge in [0.2, 0.25) is 11.8 Å².